The molecule has 0 unspecified atom stereocenters. The Morgan fingerprint density at radius 3 is 2.71 bits per heavy atom. The summed E-state index contributed by atoms with van der Waals surface area (Å²) in [6, 6.07) is 1.55. The van der Waals surface area contributed by atoms with Gasteiger partial charge in [0.1, 0.15) is 16.4 Å². The summed E-state index contributed by atoms with van der Waals surface area (Å²) in [5.74, 6) is 1.06. The Labute approximate surface area is 126 Å². The molecule has 21 heavy (non-hydrogen) atoms. The molecule has 6 nitrogen and oxygen atoms in total. The average molecular weight is 316 g/mol. The van der Waals surface area contributed by atoms with Crippen LogP contribution < -0.4 is 10.0 Å². The zero-order valence-electron chi connectivity index (χ0n) is 12.8. The van der Waals surface area contributed by atoms with Gasteiger partial charge in [-0.2, -0.15) is 0 Å². The molecule has 120 valence electrons. The molecule has 1 heterocycles. The molecule has 0 atom stereocenters. The van der Waals surface area contributed by atoms with Gasteiger partial charge in [0.15, 0.2) is 0 Å². The number of rotatable bonds is 8. The lowest BCUT2D eigenvalue weighted by molar-refractivity contribution is -0.00476. The quantitative estimate of drug-likeness (QED) is 0.760. The largest absolute Gasteiger partial charge is 0.464 e. The van der Waals surface area contributed by atoms with Crippen LogP contribution in [0, 0.1) is 6.92 Å². The number of hydrogen-bond donors (Lipinski definition) is 2. The topological polar surface area (TPSA) is 80.6 Å². The Balaban J connectivity index is 1.98. The molecule has 1 aromatic rings. The van der Waals surface area contributed by atoms with Gasteiger partial charge in [-0.15, -0.1) is 0 Å². The summed E-state index contributed by atoms with van der Waals surface area (Å²) >= 11 is 0. The smallest absolute Gasteiger partial charge is 0.244 e. The predicted octanol–water partition coefficient (Wildman–Crippen LogP) is 1.54. The van der Waals surface area contributed by atoms with Crippen molar-refractivity contribution in [3.05, 3.63) is 17.6 Å². The third-order valence-electron chi connectivity index (χ3n) is 3.58. The molecule has 0 radical (unpaired) electrons. The molecule has 1 aromatic heterocycles. The van der Waals surface area contributed by atoms with Crippen LogP contribution in [0.2, 0.25) is 0 Å². The third-order valence-corrected chi connectivity index (χ3v) is 5.21. The van der Waals surface area contributed by atoms with Crippen LogP contribution in [-0.2, 0) is 21.3 Å². The SMILES string of the molecule is CCNCc1cc(S(=O)(=O)NC2CC(OCC)C2)c(C)o1. The maximum Gasteiger partial charge on any atom is 0.244 e. The fourth-order valence-corrected chi connectivity index (χ4v) is 3.91. The van der Waals surface area contributed by atoms with Gasteiger partial charge in [0.05, 0.1) is 12.6 Å². The molecule has 0 saturated heterocycles. The second-order valence-corrected chi connectivity index (χ2v) is 6.96. The first kappa shape index (κ1) is 16.5. The number of sulfonamides is 1. The van der Waals surface area contributed by atoms with Gasteiger partial charge in [-0.25, -0.2) is 13.1 Å². The normalized spacial score (nSPS) is 22.2. The summed E-state index contributed by atoms with van der Waals surface area (Å²) < 4.78 is 38.4. The second-order valence-electron chi connectivity index (χ2n) is 5.28. The molecule has 0 aliphatic heterocycles. The standard InChI is InChI=1S/C14H24N2O4S/c1-4-15-9-13-8-14(10(3)20-13)21(17,18)16-11-6-12(7-11)19-5-2/h8,11-12,15-16H,4-7,9H2,1-3H3. The highest BCUT2D eigenvalue weighted by Crippen LogP contribution is 2.26. The molecule has 7 heteroatoms. The van der Waals surface area contributed by atoms with Gasteiger partial charge < -0.3 is 14.5 Å². The number of nitrogens with one attached hydrogen (secondary N) is 2. The van der Waals surface area contributed by atoms with E-state index in [1.807, 2.05) is 13.8 Å². The van der Waals surface area contributed by atoms with Gasteiger partial charge in [-0.3, -0.25) is 0 Å². The van der Waals surface area contributed by atoms with Gasteiger partial charge in [0.25, 0.3) is 0 Å². The predicted molar refractivity (Wildman–Crippen MR) is 79.6 cm³/mol. The summed E-state index contributed by atoms with van der Waals surface area (Å²) in [6.45, 7) is 7.61. The van der Waals surface area contributed by atoms with Crippen LogP contribution in [0.3, 0.4) is 0 Å². The Bertz CT molecular complexity index is 562. The van der Waals surface area contributed by atoms with E-state index in [1.54, 1.807) is 13.0 Å². The van der Waals surface area contributed by atoms with Crippen LogP contribution in [0.1, 0.15) is 38.2 Å². The minimum Gasteiger partial charge on any atom is -0.464 e. The number of ether oxygens (including phenoxy) is 1. The Morgan fingerprint density at radius 2 is 2.10 bits per heavy atom. The summed E-state index contributed by atoms with van der Waals surface area (Å²) in [6.07, 6.45) is 1.64. The van der Waals surface area contributed by atoms with Crippen molar-refractivity contribution < 1.29 is 17.6 Å². The van der Waals surface area contributed by atoms with Gasteiger partial charge in [0, 0.05) is 18.7 Å². The first-order chi connectivity index (χ1) is 9.96. The van der Waals surface area contributed by atoms with Gasteiger partial charge in [0.2, 0.25) is 10.0 Å². The van der Waals surface area contributed by atoms with Crippen molar-refractivity contribution in [2.24, 2.45) is 0 Å². The van der Waals surface area contributed by atoms with E-state index in [1.165, 1.54) is 0 Å². The first-order valence-electron chi connectivity index (χ1n) is 7.40. The number of hydrogen-bond acceptors (Lipinski definition) is 5. The summed E-state index contributed by atoms with van der Waals surface area (Å²) in [5, 5.41) is 3.11. The minimum absolute atomic E-state index is 0.0435. The molecule has 1 aliphatic rings. The molecule has 2 N–H and O–H groups in total. The maximum absolute atomic E-state index is 12.4. The molecule has 0 amide bonds. The van der Waals surface area contributed by atoms with Crippen LogP contribution in [0.25, 0.3) is 0 Å². The van der Waals surface area contributed by atoms with Crippen molar-refractivity contribution >= 4 is 10.0 Å². The molecule has 1 fully saturated rings. The Hall–Kier alpha value is -0.890. The van der Waals surface area contributed by atoms with E-state index in [0.29, 0.717) is 24.7 Å². The van der Waals surface area contributed by atoms with Crippen molar-refractivity contribution in [2.45, 2.75) is 57.2 Å². The minimum atomic E-state index is -3.52. The number of furan rings is 1. The van der Waals surface area contributed by atoms with Crippen molar-refractivity contribution in [3.63, 3.8) is 0 Å². The summed E-state index contributed by atoms with van der Waals surface area (Å²) in [4.78, 5) is 0.232. The monoisotopic (exact) mass is 316 g/mol. The van der Waals surface area contributed by atoms with E-state index < -0.39 is 10.0 Å². The van der Waals surface area contributed by atoms with E-state index >= 15 is 0 Å². The summed E-state index contributed by atoms with van der Waals surface area (Å²) in [7, 11) is -3.52. The third kappa shape index (κ3) is 4.06. The zero-order chi connectivity index (χ0) is 15.5. The van der Waals surface area contributed by atoms with Crippen LogP contribution >= 0.6 is 0 Å². The molecule has 1 aliphatic carbocycles. The summed E-state index contributed by atoms with van der Waals surface area (Å²) in [5.41, 5.74) is 0. The zero-order valence-corrected chi connectivity index (χ0v) is 13.6. The maximum atomic E-state index is 12.4. The highest BCUT2D eigenvalue weighted by atomic mass is 32.2. The van der Waals surface area contributed by atoms with Crippen molar-refractivity contribution in [2.75, 3.05) is 13.2 Å². The fraction of sp³-hybridized carbons (Fsp3) is 0.714. The highest BCUT2D eigenvalue weighted by molar-refractivity contribution is 7.89. The lowest BCUT2D eigenvalue weighted by Crippen LogP contribution is -2.47. The molecule has 1 saturated carbocycles. The van der Waals surface area contributed by atoms with Crippen molar-refractivity contribution in [3.8, 4) is 0 Å². The lowest BCUT2D eigenvalue weighted by Gasteiger charge is -2.34. The highest BCUT2D eigenvalue weighted by Gasteiger charge is 2.34. The molecule has 0 aromatic carbocycles. The van der Waals surface area contributed by atoms with E-state index in [-0.39, 0.29) is 17.0 Å². The lowest BCUT2D eigenvalue weighted by atomic mass is 9.90. The molecule has 2 rings (SSSR count). The van der Waals surface area contributed by atoms with Gasteiger partial charge in [-0.05, 0) is 33.2 Å². The van der Waals surface area contributed by atoms with E-state index in [0.717, 1.165) is 19.4 Å². The molecule has 0 bridgehead atoms. The van der Waals surface area contributed by atoms with Crippen molar-refractivity contribution in [1.82, 2.24) is 10.0 Å². The van der Waals surface area contributed by atoms with Gasteiger partial charge >= 0.3 is 0 Å². The van der Waals surface area contributed by atoms with E-state index in [4.69, 9.17) is 9.15 Å². The van der Waals surface area contributed by atoms with Crippen LogP contribution in [0.5, 0.6) is 0 Å². The van der Waals surface area contributed by atoms with E-state index in [2.05, 4.69) is 10.0 Å². The van der Waals surface area contributed by atoms with Gasteiger partial charge in [-0.1, -0.05) is 6.92 Å². The fourth-order valence-electron chi connectivity index (χ4n) is 2.44. The second kappa shape index (κ2) is 6.91. The molecule has 0 spiro atoms. The van der Waals surface area contributed by atoms with Crippen LogP contribution in [0.15, 0.2) is 15.4 Å². The Kier molecular flexibility index (Phi) is 5.43. The van der Waals surface area contributed by atoms with Crippen LogP contribution in [-0.4, -0.2) is 33.7 Å². The Morgan fingerprint density at radius 1 is 1.38 bits per heavy atom. The van der Waals surface area contributed by atoms with Crippen LogP contribution in [0.4, 0.5) is 0 Å². The number of aryl methyl sites for hydroxylation is 1. The van der Waals surface area contributed by atoms with E-state index in [9.17, 15) is 8.42 Å². The first-order valence-corrected chi connectivity index (χ1v) is 8.88. The van der Waals surface area contributed by atoms with Crippen molar-refractivity contribution in [1.29, 1.82) is 0 Å². The average Bonchev–Trinajstić information content (AvgIpc) is 2.76. The molecular weight excluding hydrogens is 292 g/mol. The molecular formula is C14H24N2O4S.